The number of anilines is 2. The molecule has 1 amide bonds. The summed E-state index contributed by atoms with van der Waals surface area (Å²) in [6, 6.07) is 16.2. The van der Waals surface area contributed by atoms with E-state index in [1.165, 1.54) is 17.8 Å². The van der Waals surface area contributed by atoms with Gasteiger partial charge >= 0.3 is 0 Å². The number of thiocarbonyl (C=S) groups is 1. The number of para-hydroxylation sites is 1. The second kappa shape index (κ2) is 12.4. The number of carbonyl (C=O) groups is 1. The molecule has 5 rings (SSSR count). The summed E-state index contributed by atoms with van der Waals surface area (Å²) >= 11 is 6.79. The van der Waals surface area contributed by atoms with E-state index in [1.54, 1.807) is 41.7 Å². The largest absolute Gasteiger partial charge is 0.497 e. The van der Waals surface area contributed by atoms with Crippen LogP contribution in [0.2, 0.25) is 0 Å². The van der Waals surface area contributed by atoms with E-state index >= 15 is 0 Å². The summed E-state index contributed by atoms with van der Waals surface area (Å²) in [6.45, 7) is 6.39. The van der Waals surface area contributed by atoms with Gasteiger partial charge in [-0.3, -0.25) is 19.1 Å². The topological polar surface area (TPSA) is 81.8 Å². The van der Waals surface area contributed by atoms with Gasteiger partial charge < -0.3 is 14.5 Å². The minimum absolute atomic E-state index is 0.0468. The fourth-order valence-electron chi connectivity index (χ4n) is 5.33. The predicted octanol–water partition coefficient (Wildman–Crippen LogP) is 4.92. The van der Waals surface area contributed by atoms with Gasteiger partial charge in [0.15, 0.2) is 0 Å². The fraction of sp³-hybridized carbons (Fsp3) is 0.290. The Hall–Kier alpha value is -4.14. The molecule has 2 aliphatic rings. The molecule has 0 bridgehead atoms. The quantitative estimate of drug-likeness (QED) is 0.278. The van der Waals surface area contributed by atoms with Crippen LogP contribution in [0.3, 0.4) is 0 Å². The fourth-order valence-corrected chi connectivity index (χ4v) is 6.56. The Morgan fingerprint density at radius 2 is 1.74 bits per heavy atom. The molecule has 2 saturated heterocycles. The number of methoxy groups -OCH3 is 1. The molecule has 2 aromatic carbocycles. The van der Waals surface area contributed by atoms with Gasteiger partial charge in [0.2, 0.25) is 0 Å². The normalized spacial score (nSPS) is 16.4. The van der Waals surface area contributed by atoms with Crippen LogP contribution in [0.1, 0.15) is 29.2 Å². The Kier molecular flexibility index (Phi) is 8.66. The van der Waals surface area contributed by atoms with E-state index in [4.69, 9.17) is 17.0 Å². The van der Waals surface area contributed by atoms with Crippen molar-refractivity contribution >= 4 is 51.8 Å². The Morgan fingerprint density at radius 1 is 1.07 bits per heavy atom. The lowest BCUT2D eigenvalue weighted by molar-refractivity contribution is -0.122. The van der Waals surface area contributed by atoms with Crippen LogP contribution in [0.4, 0.5) is 15.9 Å². The monoisotopic (exact) mass is 603 g/mol. The number of ether oxygens (including phenoxy) is 1. The number of hydrogen-bond acceptors (Lipinski definition) is 8. The number of piperazine rings is 1. The number of rotatable bonds is 7. The Bertz CT molecular complexity index is 1670. The van der Waals surface area contributed by atoms with Crippen molar-refractivity contribution in [1.82, 2.24) is 9.47 Å². The molecule has 0 spiro atoms. The smallest absolute Gasteiger partial charge is 0.270 e. The SMILES string of the molecule is CCn1c(N2CCN(c3ccccc3F)CC2)c(/C=C2/SC(=S)N(Cc3ccc(OC)cc3)C2=O)c(C)c(C#N)c1=O. The average molecular weight is 604 g/mol. The first-order valence-corrected chi connectivity index (χ1v) is 14.8. The van der Waals surface area contributed by atoms with Gasteiger partial charge in [0, 0.05) is 38.3 Å². The number of nitrogens with zero attached hydrogens (tertiary/aromatic N) is 5. The van der Waals surface area contributed by atoms with Gasteiger partial charge in [0.05, 0.1) is 24.2 Å². The summed E-state index contributed by atoms with van der Waals surface area (Å²) in [5.41, 5.74) is 2.28. The zero-order chi connectivity index (χ0) is 30.0. The summed E-state index contributed by atoms with van der Waals surface area (Å²) in [5.74, 6) is 0.861. The second-order valence-electron chi connectivity index (χ2n) is 9.94. The lowest BCUT2D eigenvalue weighted by Crippen LogP contribution is -2.49. The molecule has 8 nitrogen and oxygen atoms in total. The number of amides is 1. The molecule has 2 fully saturated rings. The van der Waals surface area contributed by atoms with Gasteiger partial charge in [0.1, 0.15) is 33.3 Å². The van der Waals surface area contributed by atoms with Crippen LogP contribution in [-0.2, 0) is 17.9 Å². The maximum Gasteiger partial charge on any atom is 0.270 e. The minimum Gasteiger partial charge on any atom is -0.497 e. The van der Waals surface area contributed by atoms with Gasteiger partial charge in [-0.15, -0.1) is 0 Å². The molecule has 0 atom stereocenters. The van der Waals surface area contributed by atoms with Crippen molar-refractivity contribution in [3.05, 3.63) is 91.9 Å². The summed E-state index contributed by atoms with van der Waals surface area (Å²) in [6.07, 6.45) is 1.76. The first-order chi connectivity index (χ1) is 20.3. The van der Waals surface area contributed by atoms with E-state index in [0.29, 0.717) is 71.1 Å². The molecule has 0 radical (unpaired) electrons. The number of halogens is 1. The van der Waals surface area contributed by atoms with Crippen molar-refractivity contribution in [2.24, 2.45) is 0 Å². The number of pyridine rings is 1. The third-order valence-electron chi connectivity index (χ3n) is 7.58. The molecule has 216 valence electrons. The zero-order valence-electron chi connectivity index (χ0n) is 23.6. The Morgan fingerprint density at radius 3 is 2.36 bits per heavy atom. The van der Waals surface area contributed by atoms with E-state index < -0.39 is 0 Å². The van der Waals surface area contributed by atoms with Crippen LogP contribution in [0, 0.1) is 24.1 Å². The molecule has 3 aromatic rings. The lowest BCUT2D eigenvalue weighted by Gasteiger charge is -2.39. The van der Waals surface area contributed by atoms with Gasteiger partial charge in [-0.05, 0) is 55.3 Å². The van der Waals surface area contributed by atoms with Crippen LogP contribution in [0.5, 0.6) is 5.75 Å². The van der Waals surface area contributed by atoms with E-state index in [9.17, 15) is 19.2 Å². The molecule has 0 unspecified atom stereocenters. The van der Waals surface area contributed by atoms with Gasteiger partial charge in [0.25, 0.3) is 11.5 Å². The first kappa shape index (κ1) is 29.4. The highest BCUT2D eigenvalue weighted by atomic mass is 32.2. The summed E-state index contributed by atoms with van der Waals surface area (Å²) < 4.78 is 21.7. The number of aromatic nitrogens is 1. The molecular formula is C31H30FN5O3S2. The van der Waals surface area contributed by atoms with Crippen LogP contribution in [0.15, 0.2) is 58.2 Å². The standard InChI is InChI=1S/C31H30FN5O3S2/c1-4-36-28(35-15-13-34(14-16-35)26-8-6-5-7-25(26)32)23(20(2)24(18-33)29(36)38)17-27-30(39)37(31(41)42-27)19-21-9-11-22(40-3)12-10-21/h5-12,17H,4,13-16,19H2,1-3H3/b27-17+. The Balaban J connectivity index is 1.50. The average Bonchev–Trinajstić information content (AvgIpc) is 3.26. The van der Waals surface area contributed by atoms with Gasteiger partial charge in [-0.1, -0.05) is 48.2 Å². The highest BCUT2D eigenvalue weighted by molar-refractivity contribution is 8.26. The minimum atomic E-state index is -0.367. The van der Waals surface area contributed by atoms with E-state index in [-0.39, 0.29) is 22.8 Å². The molecule has 42 heavy (non-hydrogen) atoms. The maximum atomic E-state index is 14.5. The maximum absolute atomic E-state index is 14.5. The molecular weight excluding hydrogens is 574 g/mol. The van der Waals surface area contributed by atoms with E-state index in [2.05, 4.69) is 11.0 Å². The third kappa shape index (κ3) is 5.52. The highest BCUT2D eigenvalue weighted by Gasteiger charge is 2.34. The molecule has 2 aliphatic heterocycles. The Labute approximate surface area is 253 Å². The third-order valence-corrected chi connectivity index (χ3v) is 8.96. The van der Waals surface area contributed by atoms with Crippen molar-refractivity contribution in [2.45, 2.75) is 26.9 Å². The summed E-state index contributed by atoms with van der Waals surface area (Å²) in [4.78, 5) is 33.0. The van der Waals surface area contributed by atoms with Crippen LogP contribution in [-0.4, -0.2) is 53.0 Å². The van der Waals surface area contributed by atoms with Gasteiger partial charge in [-0.2, -0.15) is 5.26 Å². The van der Waals surface area contributed by atoms with E-state index in [1.807, 2.05) is 42.2 Å². The lowest BCUT2D eigenvalue weighted by atomic mass is 10.0. The van der Waals surface area contributed by atoms with Crippen molar-refractivity contribution in [3.8, 4) is 11.8 Å². The number of carbonyl (C=O) groups excluding carboxylic acids is 1. The number of thioether (sulfide) groups is 1. The van der Waals surface area contributed by atoms with E-state index in [0.717, 1.165) is 11.3 Å². The summed E-state index contributed by atoms with van der Waals surface area (Å²) in [5, 5.41) is 9.88. The molecule has 3 heterocycles. The van der Waals surface area contributed by atoms with Crippen LogP contribution < -0.4 is 20.1 Å². The first-order valence-electron chi connectivity index (χ1n) is 13.6. The van der Waals surface area contributed by atoms with Crippen molar-refractivity contribution < 1.29 is 13.9 Å². The van der Waals surface area contributed by atoms with Crippen molar-refractivity contribution in [1.29, 1.82) is 5.26 Å². The van der Waals surface area contributed by atoms with Crippen LogP contribution >= 0.6 is 24.0 Å². The number of nitriles is 1. The van der Waals surface area contributed by atoms with Crippen molar-refractivity contribution in [3.63, 3.8) is 0 Å². The highest BCUT2D eigenvalue weighted by Crippen LogP contribution is 2.37. The van der Waals surface area contributed by atoms with Crippen molar-refractivity contribution in [2.75, 3.05) is 43.1 Å². The molecule has 1 aromatic heterocycles. The summed E-state index contributed by atoms with van der Waals surface area (Å²) in [7, 11) is 1.60. The molecule has 0 aliphatic carbocycles. The van der Waals surface area contributed by atoms with Gasteiger partial charge in [-0.25, -0.2) is 4.39 Å². The molecule has 0 N–H and O–H groups in total. The second-order valence-corrected chi connectivity index (χ2v) is 11.6. The molecule has 11 heteroatoms. The molecule has 0 saturated carbocycles. The van der Waals surface area contributed by atoms with Crippen LogP contribution in [0.25, 0.3) is 6.08 Å². The zero-order valence-corrected chi connectivity index (χ0v) is 25.2. The predicted molar refractivity (Wildman–Crippen MR) is 168 cm³/mol. The number of hydrogen-bond donors (Lipinski definition) is 0. The number of benzene rings is 2.